The molecule has 16 heavy (non-hydrogen) atoms. The number of aryl methyl sites for hydroxylation is 1. The number of aromatic nitrogens is 1. The standard InChI is InChI=1S/C12H17FN2O/c1-9-10(13)3-4-11(14-9)12(16)5-7-15(2)8-6-12/h3-4,16H,5-8H2,1-2H3. The highest BCUT2D eigenvalue weighted by atomic mass is 19.1. The van der Waals surface area contributed by atoms with Crippen LogP contribution in [0.2, 0.25) is 0 Å². The minimum absolute atomic E-state index is 0.319. The molecule has 0 aromatic carbocycles. The molecule has 1 aromatic heterocycles. The Morgan fingerprint density at radius 2 is 2.00 bits per heavy atom. The number of nitrogens with zero attached hydrogens (tertiary/aromatic N) is 2. The molecule has 0 unspecified atom stereocenters. The average molecular weight is 224 g/mol. The third-order valence-electron chi connectivity index (χ3n) is 3.31. The Bertz CT molecular complexity index is 387. The summed E-state index contributed by atoms with van der Waals surface area (Å²) in [6.45, 7) is 3.31. The molecule has 0 radical (unpaired) electrons. The minimum Gasteiger partial charge on any atom is -0.383 e. The largest absolute Gasteiger partial charge is 0.383 e. The fraction of sp³-hybridized carbons (Fsp3) is 0.583. The summed E-state index contributed by atoms with van der Waals surface area (Å²) in [7, 11) is 2.03. The van der Waals surface area contributed by atoms with Gasteiger partial charge in [-0.15, -0.1) is 0 Å². The van der Waals surface area contributed by atoms with E-state index in [-0.39, 0.29) is 5.82 Å². The average Bonchev–Trinajstić information content (AvgIpc) is 2.26. The van der Waals surface area contributed by atoms with Crippen LogP contribution in [-0.4, -0.2) is 35.1 Å². The third-order valence-corrected chi connectivity index (χ3v) is 3.31. The van der Waals surface area contributed by atoms with Gasteiger partial charge in [0.1, 0.15) is 11.4 Å². The van der Waals surface area contributed by atoms with Crippen LogP contribution in [0.3, 0.4) is 0 Å². The number of halogens is 1. The lowest BCUT2D eigenvalue weighted by Gasteiger charge is -2.36. The van der Waals surface area contributed by atoms with Crippen LogP contribution in [0.5, 0.6) is 0 Å². The smallest absolute Gasteiger partial charge is 0.144 e. The van der Waals surface area contributed by atoms with Gasteiger partial charge in [-0.1, -0.05) is 0 Å². The van der Waals surface area contributed by atoms with Crippen LogP contribution in [0.4, 0.5) is 4.39 Å². The lowest BCUT2D eigenvalue weighted by Crippen LogP contribution is -2.41. The van der Waals surface area contributed by atoms with E-state index in [1.54, 1.807) is 13.0 Å². The molecule has 1 aromatic rings. The number of pyridine rings is 1. The lowest BCUT2D eigenvalue weighted by atomic mass is 9.88. The van der Waals surface area contributed by atoms with Crippen LogP contribution < -0.4 is 0 Å². The Kier molecular flexibility index (Phi) is 2.95. The molecule has 1 aliphatic heterocycles. The maximum Gasteiger partial charge on any atom is 0.144 e. The Morgan fingerprint density at radius 1 is 1.38 bits per heavy atom. The molecule has 88 valence electrons. The highest BCUT2D eigenvalue weighted by molar-refractivity contribution is 5.18. The van der Waals surface area contributed by atoms with Gasteiger partial charge in [0.2, 0.25) is 0 Å². The Hall–Kier alpha value is -1.00. The number of piperidine rings is 1. The number of aliphatic hydroxyl groups is 1. The third kappa shape index (κ3) is 2.08. The van der Waals surface area contributed by atoms with Gasteiger partial charge in [-0.2, -0.15) is 0 Å². The molecule has 1 N–H and O–H groups in total. The van der Waals surface area contributed by atoms with Crippen molar-refractivity contribution in [3.63, 3.8) is 0 Å². The summed E-state index contributed by atoms with van der Waals surface area (Å²) in [5.41, 5.74) is 0.0645. The van der Waals surface area contributed by atoms with E-state index in [1.165, 1.54) is 6.07 Å². The first kappa shape index (κ1) is 11.5. The van der Waals surface area contributed by atoms with Crippen molar-refractivity contribution in [1.29, 1.82) is 0 Å². The number of likely N-dealkylation sites (tertiary alicyclic amines) is 1. The molecule has 2 heterocycles. The van der Waals surface area contributed by atoms with E-state index in [0.29, 0.717) is 24.2 Å². The second-order valence-corrected chi connectivity index (χ2v) is 4.60. The van der Waals surface area contributed by atoms with E-state index < -0.39 is 5.60 Å². The van der Waals surface area contributed by atoms with Crippen molar-refractivity contribution in [3.8, 4) is 0 Å². The number of rotatable bonds is 1. The molecule has 0 saturated carbocycles. The number of hydrogen-bond acceptors (Lipinski definition) is 3. The molecule has 0 aliphatic carbocycles. The van der Waals surface area contributed by atoms with Gasteiger partial charge in [-0.3, -0.25) is 4.98 Å². The van der Waals surface area contributed by atoms with Gasteiger partial charge in [0.15, 0.2) is 0 Å². The van der Waals surface area contributed by atoms with Crippen LogP contribution in [0.25, 0.3) is 0 Å². The van der Waals surface area contributed by atoms with Gasteiger partial charge < -0.3 is 10.0 Å². The summed E-state index contributed by atoms with van der Waals surface area (Å²) in [5.74, 6) is -0.319. The predicted molar refractivity (Wildman–Crippen MR) is 59.6 cm³/mol. The maximum atomic E-state index is 13.1. The summed E-state index contributed by atoms with van der Waals surface area (Å²) < 4.78 is 13.1. The molecular weight excluding hydrogens is 207 g/mol. The van der Waals surface area contributed by atoms with Crippen molar-refractivity contribution >= 4 is 0 Å². The monoisotopic (exact) mass is 224 g/mol. The first-order valence-corrected chi connectivity index (χ1v) is 5.56. The maximum absolute atomic E-state index is 13.1. The van der Waals surface area contributed by atoms with E-state index in [1.807, 2.05) is 7.05 Å². The van der Waals surface area contributed by atoms with Gasteiger partial charge >= 0.3 is 0 Å². The van der Waals surface area contributed by atoms with Crippen LogP contribution in [0, 0.1) is 12.7 Å². The fourth-order valence-electron chi connectivity index (χ4n) is 2.05. The quantitative estimate of drug-likeness (QED) is 0.784. The van der Waals surface area contributed by atoms with E-state index in [9.17, 15) is 9.50 Å². The lowest BCUT2D eigenvalue weighted by molar-refractivity contribution is -0.0240. The highest BCUT2D eigenvalue weighted by Gasteiger charge is 2.34. The van der Waals surface area contributed by atoms with E-state index in [4.69, 9.17) is 0 Å². The summed E-state index contributed by atoms with van der Waals surface area (Å²) in [6, 6.07) is 2.97. The van der Waals surface area contributed by atoms with Crippen LogP contribution in [-0.2, 0) is 5.60 Å². The van der Waals surface area contributed by atoms with Crippen molar-refractivity contribution < 1.29 is 9.50 Å². The number of hydrogen-bond donors (Lipinski definition) is 1. The zero-order chi connectivity index (χ0) is 11.8. The highest BCUT2D eigenvalue weighted by Crippen LogP contribution is 2.31. The summed E-state index contributed by atoms with van der Waals surface area (Å²) >= 11 is 0. The van der Waals surface area contributed by atoms with E-state index in [2.05, 4.69) is 9.88 Å². The molecule has 4 heteroatoms. The molecule has 3 nitrogen and oxygen atoms in total. The van der Waals surface area contributed by atoms with E-state index in [0.717, 1.165) is 13.1 Å². The molecule has 1 saturated heterocycles. The van der Waals surface area contributed by atoms with Gasteiger partial charge in [-0.25, -0.2) is 4.39 Å². The summed E-state index contributed by atoms with van der Waals surface area (Å²) in [6.07, 6.45) is 1.31. The molecule has 0 amide bonds. The Balaban J connectivity index is 2.25. The molecule has 0 atom stereocenters. The van der Waals surface area contributed by atoms with Gasteiger partial charge in [0, 0.05) is 13.1 Å². The van der Waals surface area contributed by atoms with Gasteiger partial charge in [0.25, 0.3) is 0 Å². The second-order valence-electron chi connectivity index (χ2n) is 4.60. The van der Waals surface area contributed by atoms with E-state index >= 15 is 0 Å². The SMILES string of the molecule is Cc1nc(C2(O)CCN(C)CC2)ccc1F. The molecule has 0 spiro atoms. The van der Waals surface area contributed by atoms with Crippen LogP contribution >= 0.6 is 0 Å². The van der Waals surface area contributed by atoms with Crippen molar-refractivity contribution in [2.75, 3.05) is 20.1 Å². The zero-order valence-electron chi connectivity index (χ0n) is 9.70. The second kappa shape index (κ2) is 4.11. The zero-order valence-corrected chi connectivity index (χ0v) is 9.70. The van der Waals surface area contributed by atoms with Crippen LogP contribution in [0.1, 0.15) is 24.2 Å². The van der Waals surface area contributed by atoms with Gasteiger partial charge in [0.05, 0.1) is 11.4 Å². The summed E-state index contributed by atoms with van der Waals surface area (Å²) in [5, 5.41) is 10.5. The first-order chi connectivity index (χ1) is 7.51. The minimum atomic E-state index is -0.884. The Labute approximate surface area is 94.9 Å². The predicted octanol–water partition coefficient (Wildman–Crippen LogP) is 1.44. The van der Waals surface area contributed by atoms with Crippen LogP contribution in [0.15, 0.2) is 12.1 Å². The van der Waals surface area contributed by atoms with Crippen molar-refractivity contribution in [1.82, 2.24) is 9.88 Å². The van der Waals surface area contributed by atoms with Crippen molar-refractivity contribution in [2.24, 2.45) is 0 Å². The van der Waals surface area contributed by atoms with Crippen molar-refractivity contribution in [3.05, 3.63) is 29.3 Å². The summed E-state index contributed by atoms with van der Waals surface area (Å²) in [4.78, 5) is 6.32. The van der Waals surface area contributed by atoms with Crippen molar-refractivity contribution in [2.45, 2.75) is 25.4 Å². The van der Waals surface area contributed by atoms with Gasteiger partial charge in [-0.05, 0) is 38.9 Å². The molecule has 2 rings (SSSR count). The topological polar surface area (TPSA) is 36.4 Å². The molecule has 1 aliphatic rings. The fourth-order valence-corrected chi connectivity index (χ4v) is 2.05. The molecule has 0 bridgehead atoms. The normalized spacial score (nSPS) is 21.0. The molecular formula is C12H17FN2O. The Morgan fingerprint density at radius 3 is 2.56 bits per heavy atom. The molecule has 1 fully saturated rings. The first-order valence-electron chi connectivity index (χ1n) is 5.56.